The summed E-state index contributed by atoms with van der Waals surface area (Å²) < 4.78 is 22.8. The van der Waals surface area contributed by atoms with Crippen molar-refractivity contribution in [2.24, 2.45) is 5.73 Å². The predicted molar refractivity (Wildman–Crippen MR) is 41.6 cm³/mol. The molecule has 5 unspecified atom stereocenters. The van der Waals surface area contributed by atoms with Crippen molar-refractivity contribution < 1.29 is 24.1 Å². The Labute approximate surface area is 75.2 Å². The summed E-state index contributed by atoms with van der Waals surface area (Å²) in [4.78, 5) is 0. The zero-order chi connectivity index (χ0) is 10.0. The molecule has 1 rings (SSSR count). The minimum absolute atomic E-state index is 0.0197. The average Bonchev–Trinajstić information content (AvgIpc) is 2.15. The van der Waals surface area contributed by atoms with Gasteiger partial charge in [-0.3, -0.25) is 0 Å². The second kappa shape index (κ2) is 4.30. The Bertz CT molecular complexity index is 151. The maximum atomic E-state index is 13.1. The first-order valence-corrected chi connectivity index (χ1v) is 4.00. The van der Waals surface area contributed by atoms with Crippen molar-refractivity contribution in [3.05, 3.63) is 0 Å². The van der Waals surface area contributed by atoms with Crippen LogP contribution in [0, 0.1) is 0 Å². The summed E-state index contributed by atoms with van der Waals surface area (Å²) in [6.07, 6.45) is -6.54. The van der Waals surface area contributed by atoms with Crippen molar-refractivity contribution in [2.45, 2.75) is 30.8 Å². The molecule has 1 saturated heterocycles. The second-order valence-corrected chi connectivity index (χ2v) is 2.94. The molecule has 13 heavy (non-hydrogen) atoms. The van der Waals surface area contributed by atoms with E-state index in [2.05, 4.69) is 4.74 Å². The first-order chi connectivity index (χ1) is 6.11. The summed E-state index contributed by atoms with van der Waals surface area (Å²) in [5.41, 5.74) is 5.23. The van der Waals surface area contributed by atoms with E-state index in [9.17, 15) is 14.6 Å². The van der Waals surface area contributed by atoms with E-state index >= 15 is 0 Å². The minimum Gasteiger partial charge on any atom is -0.387 e. The molecule has 5 nitrogen and oxygen atoms in total. The normalized spacial score (nSPS) is 46.4. The Balaban J connectivity index is 2.66. The number of rotatable bonds is 2. The summed E-state index contributed by atoms with van der Waals surface area (Å²) in [5, 5.41) is 18.4. The van der Waals surface area contributed by atoms with Crippen molar-refractivity contribution in [1.82, 2.24) is 0 Å². The number of aliphatic hydroxyl groups is 2. The van der Waals surface area contributed by atoms with E-state index in [1.807, 2.05) is 0 Å². The largest absolute Gasteiger partial charge is 0.387 e. The maximum Gasteiger partial charge on any atom is 0.186 e. The van der Waals surface area contributed by atoms with E-state index in [0.29, 0.717) is 0 Å². The van der Waals surface area contributed by atoms with Crippen molar-refractivity contribution in [1.29, 1.82) is 0 Å². The third-order valence-electron chi connectivity index (χ3n) is 2.09. The van der Waals surface area contributed by atoms with Crippen LogP contribution in [0.4, 0.5) is 4.39 Å². The van der Waals surface area contributed by atoms with Crippen LogP contribution < -0.4 is 5.73 Å². The molecule has 0 spiro atoms. The van der Waals surface area contributed by atoms with Gasteiger partial charge < -0.3 is 25.4 Å². The van der Waals surface area contributed by atoms with Crippen molar-refractivity contribution in [2.75, 3.05) is 13.7 Å². The van der Waals surface area contributed by atoms with Gasteiger partial charge in [-0.1, -0.05) is 0 Å². The Morgan fingerprint density at radius 1 is 1.46 bits per heavy atom. The smallest absolute Gasteiger partial charge is 0.186 e. The quantitative estimate of drug-likeness (QED) is 0.493. The van der Waals surface area contributed by atoms with Crippen LogP contribution in [0.2, 0.25) is 0 Å². The van der Waals surface area contributed by atoms with Crippen LogP contribution in [0.1, 0.15) is 0 Å². The summed E-state index contributed by atoms with van der Waals surface area (Å²) >= 11 is 0. The third-order valence-corrected chi connectivity index (χ3v) is 2.09. The van der Waals surface area contributed by atoms with E-state index in [1.165, 1.54) is 7.11 Å². The number of halogens is 1. The Morgan fingerprint density at radius 2 is 2.08 bits per heavy atom. The predicted octanol–water partition coefficient (Wildman–Crippen LogP) is -1.62. The van der Waals surface area contributed by atoms with Gasteiger partial charge in [0.15, 0.2) is 12.5 Å². The molecule has 0 amide bonds. The van der Waals surface area contributed by atoms with Crippen molar-refractivity contribution >= 4 is 0 Å². The first-order valence-electron chi connectivity index (χ1n) is 4.00. The highest BCUT2D eigenvalue weighted by Crippen LogP contribution is 2.23. The van der Waals surface area contributed by atoms with Crippen LogP contribution >= 0.6 is 0 Å². The average molecular weight is 195 g/mol. The zero-order valence-corrected chi connectivity index (χ0v) is 7.26. The van der Waals surface area contributed by atoms with E-state index in [1.54, 1.807) is 0 Å². The van der Waals surface area contributed by atoms with Gasteiger partial charge in [-0.15, -0.1) is 0 Å². The standard InChI is InChI=1S/C7H14FNO4/c1-12-7-6(11)4(8)5(10)3(2-9)13-7/h3-7,10-11H,2,9H2,1H3. The molecule has 1 fully saturated rings. The zero-order valence-electron chi connectivity index (χ0n) is 7.26. The number of aliphatic hydroxyl groups excluding tert-OH is 2. The van der Waals surface area contributed by atoms with Gasteiger partial charge in [-0.25, -0.2) is 4.39 Å². The number of hydrogen-bond donors (Lipinski definition) is 3. The fourth-order valence-corrected chi connectivity index (χ4v) is 1.28. The fraction of sp³-hybridized carbons (Fsp3) is 1.00. The molecule has 0 aromatic heterocycles. The van der Waals surface area contributed by atoms with Gasteiger partial charge in [0.05, 0.1) is 0 Å². The molecule has 1 aliphatic heterocycles. The highest BCUT2D eigenvalue weighted by atomic mass is 19.1. The van der Waals surface area contributed by atoms with Crippen molar-refractivity contribution in [3.63, 3.8) is 0 Å². The summed E-state index contributed by atoms with van der Waals surface area (Å²) in [6, 6.07) is 0. The molecular formula is C7H14FNO4. The third kappa shape index (κ3) is 1.97. The fourth-order valence-electron chi connectivity index (χ4n) is 1.28. The molecule has 1 aliphatic rings. The highest BCUT2D eigenvalue weighted by molar-refractivity contribution is 4.89. The van der Waals surface area contributed by atoms with Gasteiger partial charge >= 0.3 is 0 Å². The van der Waals surface area contributed by atoms with Crippen LogP contribution in [0.15, 0.2) is 0 Å². The molecule has 0 aromatic rings. The van der Waals surface area contributed by atoms with E-state index in [4.69, 9.17) is 10.5 Å². The molecule has 0 aliphatic carbocycles. The van der Waals surface area contributed by atoms with Gasteiger partial charge in [-0.2, -0.15) is 0 Å². The summed E-state index contributed by atoms with van der Waals surface area (Å²) in [5.74, 6) is 0. The van der Waals surface area contributed by atoms with Crippen LogP contribution in [0.3, 0.4) is 0 Å². The number of methoxy groups -OCH3 is 1. The number of alkyl halides is 1. The summed E-state index contributed by atoms with van der Waals surface area (Å²) in [7, 11) is 1.28. The first kappa shape index (κ1) is 10.8. The van der Waals surface area contributed by atoms with Gasteiger partial charge in [0.1, 0.15) is 18.3 Å². The van der Waals surface area contributed by atoms with Crippen LogP contribution in [0.5, 0.6) is 0 Å². The monoisotopic (exact) mass is 195 g/mol. The molecular weight excluding hydrogens is 181 g/mol. The van der Waals surface area contributed by atoms with Gasteiger partial charge in [0.25, 0.3) is 0 Å². The SMILES string of the molecule is COC1OC(CN)C(O)C(F)C1O. The molecule has 0 bridgehead atoms. The lowest BCUT2D eigenvalue weighted by atomic mass is 10.0. The lowest BCUT2D eigenvalue weighted by Gasteiger charge is -2.38. The molecule has 0 saturated carbocycles. The van der Waals surface area contributed by atoms with Gasteiger partial charge in [-0.05, 0) is 0 Å². The molecule has 0 aromatic carbocycles. The molecule has 4 N–H and O–H groups in total. The minimum atomic E-state index is -1.78. The van der Waals surface area contributed by atoms with E-state index < -0.39 is 30.8 Å². The van der Waals surface area contributed by atoms with E-state index in [0.717, 1.165) is 0 Å². The molecule has 0 radical (unpaired) electrons. The molecule has 5 atom stereocenters. The Hall–Kier alpha value is -0.270. The lowest BCUT2D eigenvalue weighted by Crippen LogP contribution is -2.58. The van der Waals surface area contributed by atoms with Gasteiger partial charge in [0.2, 0.25) is 0 Å². The van der Waals surface area contributed by atoms with Crippen molar-refractivity contribution in [3.8, 4) is 0 Å². The number of hydrogen-bond acceptors (Lipinski definition) is 5. The van der Waals surface area contributed by atoms with Gasteiger partial charge in [0, 0.05) is 13.7 Å². The Morgan fingerprint density at radius 3 is 2.54 bits per heavy atom. The van der Waals surface area contributed by atoms with Crippen LogP contribution in [0.25, 0.3) is 0 Å². The van der Waals surface area contributed by atoms with E-state index in [-0.39, 0.29) is 6.54 Å². The molecule has 6 heteroatoms. The molecule has 1 heterocycles. The lowest BCUT2D eigenvalue weighted by molar-refractivity contribution is -0.275. The topological polar surface area (TPSA) is 84.9 Å². The maximum absolute atomic E-state index is 13.1. The van der Waals surface area contributed by atoms with Crippen LogP contribution in [-0.2, 0) is 9.47 Å². The summed E-state index contributed by atoms with van der Waals surface area (Å²) in [6.45, 7) is -0.0197. The Kier molecular flexibility index (Phi) is 3.57. The second-order valence-electron chi connectivity index (χ2n) is 2.94. The highest BCUT2D eigenvalue weighted by Gasteiger charge is 2.44. The molecule has 78 valence electrons. The number of ether oxygens (including phenoxy) is 2. The number of nitrogens with two attached hydrogens (primary N) is 1. The van der Waals surface area contributed by atoms with Crippen LogP contribution in [-0.4, -0.2) is 54.6 Å².